The Bertz CT molecular complexity index is 1150. The molecule has 0 radical (unpaired) electrons. The first-order chi connectivity index (χ1) is 15.9. The molecule has 0 aliphatic carbocycles. The van der Waals surface area contributed by atoms with E-state index < -0.39 is 5.97 Å². The van der Waals surface area contributed by atoms with E-state index >= 15 is 0 Å². The molecule has 4 N–H and O–H groups in total. The third-order valence-electron chi connectivity index (χ3n) is 4.77. The van der Waals surface area contributed by atoms with E-state index in [9.17, 15) is 14.7 Å². The number of furan rings is 1. The van der Waals surface area contributed by atoms with E-state index in [4.69, 9.17) is 20.3 Å². The van der Waals surface area contributed by atoms with E-state index in [1.807, 2.05) is 30.3 Å². The van der Waals surface area contributed by atoms with Crippen LogP contribution in [0.1, 0.15) is 34.4 Å². The minimum atomic E-state index is -0.694. The highest BCUT2D eigenvalue weighted by Gasteiger charge is 2.17. The minimum absolute atomic E-state index is 0.0198. The molecule has 0 aliphatic heterocycles. The Morgan fingerprint density at radius 1 is 1.09 bits per heavy atom. The second-order valence-corrected chi connectivity index (χ2v) is 7.29. The van der Waals surface area contributed by atoms with Gasteiger partial charge in [0.05, 0.1) is 6.61 Å². The van der Waals surface area contributed by atoms with Crippen molar-refractivity contribution in [3.05, 3.63) is 95.0 Å². The maximum atomic E-state index is 12.9. The van der Waals surface area contributed by atoms with Gasteiger partial charge in [-0.05, 0) is 55.0 Å². The SMILES string of the molecule is CC(=Cc1ccc(C(=O)Oc2ccc(C(=N)N)cc2)o1)C(=O)N(CCO)Cc1ccccc1. The molecule has 33 heavy (non-hydrogen) atoms. The van der Waals surface area contributed by atoms with Crippen LogP contribution in [0.2, 0.25) is 0 Å². The molecule has 3 aromatic rings. The van der Waals surface area contributed by atoms with Gasteiger partial charge >= 0.3 is 5.97 Å². The molecule has 0 fully saturated rings. The number of aliphatic hydroxyl groups is 1. The lowest BCUT2D eigenvalue weighted by atomic mass is 10.1. The van der Waals surface area contributed by atoms with Crippen molar-refractivity contribution in [2.45, 2.75) is 13.5 Å². The molecule has 1 amide bonds. The van der Waals surface area contributed by atoms with Crippen LogP contribution in [-0.4, -0.2) is 40.9 Å². The van der Waals surface area contributed by atoms with Crippen LogP contribution in [0.5, 0.6) is 5.75 Å². The lowest BCUT2D eigenvalue weighted by Gasteiger charge is -2.22. The number of nitrogens with one attached hydrogen (secondary N) is 1. The Kier molecular flexibility index (Phi) is 7.77. The lowest BCUT2D eigenvalue weighted by molar-refractivity contribution is -0.128. The molecule has 170 valence electrons. The number of rotatable bonds is 9. The molecule has 0 unspecified atom stereocenters. The fourth-order valence-electron chi connectivity index (χ4n) is 3.10. The minimum Gasteiger partial charge on any atom is -0.450 e. The normalized spacial score (nSPS) is 11.2. The molecular weight excluding hydrogens is 422 g/mol. The van der Waals surface area contributed by atoms with Crippen molar-refractivity contribution in [1.82, 2.24) is 4.90 Å². The third kappa shape index (κ3) is 6.41. The number of carbonyl (C=O) groups excluding carboxylic acids is 2. The summed E-state index contributed by atoms with van der Waals surface area (Å²) in [4.78, 5) is 26.8. The van der Waals surface area contributed by atoms with Crippen molar-refractivity contribution in [2.75, 3.05) is 13.2 Å². The van der Waals surface area contributed by atoms with Crippen LogP contribution in [0.15, 0.2) is 76.7 Å². The number of aliphatic hydroxyl groups excluding tert-OH is 1. The Morgan fingerprint density at radius 3 is 2.42 bits per heavy atom. The van der Waals surface area contributed by atoms with E-state index in [-0.39, 0.29) is 36.4 Å². The van der Waals surface area contributed by atoms with Gasteiger partial charge in [0.25, 0.3) is 0 Å². The van der Waals surface area contributed by atoms with Gasteiger partial charge in [-0.2, -0.15) is 0 Å². The number of ether oxygens (including phenoxy) is 1. The number of amides is 1. The number of hydrogen-bond donors (Lipinski definition) is 3. The fourth-order valence-corrected chi connectivity index (χ4v) is 3.10. The number of nitrogens with zero attached hydrogens (tertiary/aromatic N) is 1. The third-order valence-corrected chi connectivity index (χ3v) is 4.77. The molecule has 0 saturated heterocycles. The Hall–Kier alpha value is -4.17. The summed E-state index contributed by atoms with van der Waals surface area (Å²) >= 11 is 0. The Labute approximate surface area is 191 Å². The number of carbonyl (C=O) groups is 2. The first-order valence-corrected chi connectivity index (χ1v) is 10.3. The van der Waals surface area contributed by atoms with Gasteiger partial charge in [0.1, 0.15) is 17.3 Å². The molecule has 8 heteroatoms. The van der Waals surface area contributed by atoms with E-state index in [0.717, 1.165) is 5.56 Å². The van der Waals surface area contributed by atoms with Gasteiger partial charge in [-0.3, -0.25) is 10.2 Å². The largest absolute Gasteiger partial charge is 0.450 e. The van der Waals surface area contributed by atoms with E-state index in [1.54, 1.807) is 30.0 Å². The van der Waals surface area contributed by atoms with Crippen LogP contribution in [0.3, 0.4) is 0 Å². The van der Waals surface area contributed by atoms with Crippen molar-refractivity contribution in [3.63, 3.8) is 0 Å². The van der Waals surface area contributed by atoms with Gasteiger partial charge in [0.15, 0.2) is 0 Å². The van der Waals surface area contributed by atoms with Crippen LogP contribution in [0.4, 0.5) is 0 Å². The maximum Gasteiger partial charge on any atom is 0.379 e. The van der Waals surface area contributed by atoms with Gasteiger partial charge in [0, 0.05) is 24.2 Å². The van der Waals surface area contributed by atoms with Gasteiger partial charge < -0.3 is 24.9 Å². The summed E-state index contributed by atoms with van der Waals surface area (Å²) in [5, 5.41) is 16.7. The van der Waals surface area contributed by atoms with Crippen LogP contribution in [-0.2, 0) is 11.3 Å². The molecule has 2 aromatic carbocycles. The van der Waals surface area contributed by atoms with Gasteiger partial charge in [0.2, 0.25) is 11.7 Å². The first-order valence-electron chi connectivity index (χ1n) is 10.3. The topological polar surface area (TPSA) is 130 Å². The number of benzene rings is 2. The molecule has 0 atom stereocenters. The average Bonchev–Trinajstić information content (AvgIpc) is 3.28. The summed E-state index contributed by atoms with van der Waals surface area (Å²) < 4.78 is 10.8. The molecule has 8 nitrogen and oxygen atoms in total. The van der Waals surface area contributed by atoms with Crippen molar-refractivity contribution in [2.24, 2.45) is 5.73 Å². The monoisotopic (exact) mass is 447 g/mol. The molecular formula is C25H25N3O5. The van der Waals surface area contributed by atoms with Crippen molar-refractivity contribution < 1.29 is 23.8 Å². The summed E-state index contributed by atoms with van der Waals surface area (Å²) in [5.41, 5.74) is 7.27. The highest BCUT2D eigenvalue weighted by molar-refractivity contribution is 5.97. The average molecular weight is 447 g/mol. The van der Waals surface area contributed by atoms with Gasteiger partial charge in [-0.15, -0.1) is 0 Å². The van der Waals surface area contributed by atoms with Gasteiger partial charge in [-0.25, -0.2) is 4.79 Å². The lowest BCUT2D eigenvalue weighted by Crippen LogP contribution is -2.33. The molecule has 0 aliphatic rings. The Balaban J connectivity index is 1.67. The highest BCUT2D eigenvalue weighted by atomic mass is 16.5. The molecule has 0 saturated carbocycles. The Morgan fingerprint density at radius 2 is 1.79 bits per heavy atom. The van der Waals surface area contributed by atoms with E-state index in [2.05, 4.69) is 0 Å². The van der Waals surface area contributed by atoms with Crippen LogP contribution >= 0.6 is 0 Å². The predicted molar refractivity (Wildman–Crippen MR) is 124 cm³/mol. The number of esters is 1. The summed E-state index contributed by atoms with van der Waals surface area (Å²) in [6, 6.07) is 18.7. The molecule has 1 aromatic heterocycles. The second-order valence-electron chi connectivity index (χ2n) is 7.29. The first kappa shape index (κ1) is 23.5. The van der Waals surface area contributed by atoms with Crippen LogP contribution < -0.4 is 10.5 Å². The summed E-state index contributed by atoms with van der Waals surface area (Å²) in [6.45, 7) is 2.05. The highest BCUT2D eigenvalue weighted by Crippen LogP contribution is 2.18. The van der Waals surface area contributed by atoms with Crippen molar-refractivity contribution in [3.8, 4) is 5.75 Å². The number of nitrogens with two attached hydrogens (primary N) is 1. The van der Waals surface area contributed by atoms with E-state index in [0.29, 0.717) is 23.4 Å². The maximum absolute atomic E-state index is 12.9. The zero-order valence-corrected chi connectivity index (χ0v) is 18.2. The quantitative estimate of drug-likeness (QED) is 0.152. The van der Waals surface area contributed by atoms with Crippen molar-refractivity contribution >= 4 is 23.8 Å². The molecule has 3 rings (SSSR count). The zero-order valence-electron chi connectivity index (χ0n) is 18.2. The van der Waals surface area contributed by atoms with Gasteiger partial charge in [-0.1, -0.05) is 30.3 Å². The predicted octanol–water partition coefficient (Wildman–Crippen LogP) is 3.21. The van der Waals surface area contributed by atoms with Crippen molar-refractivity contribution in [1.29, 1.82) is 5.41 Å². The smallest absolute Gasteiger partial charge is 0.379 e. The van der Waals surface area contributed by atoms with Crippen LogP contribution in [0, 0.1) is 5.41 Å². The molecule has 0 bridgehead atoms. The summed E-state index contributed by atoms with van der Waals surface area (Å²) in [6.07, 6.45) is 1.54. The van der Waals surface area contributed by atoms with E-state index in [1.165, 1.54) is 24.3 Å². The number of nitrogen functional groups attached to an aromatic ring is 1. The van der Waals surface area contributed by atoms with Crippen LogP contribution in [0.25, 0.3) is 6.08 Å². The second kappa shape index (κ2) is 10.9. The standard InChI is InChI=1S/C25H25N3O5/c1-17(24(30)28(13-14-29)16-18-5-3-2-4-6-18)15-21-11-12-22(32-21)25(31)33-20-9-7-19(8-10-20)23(26)27/h2-12,15,29H,13-14,16H2,1H3,(H3,26,27). The summed E-state index contributed by atoms with van der Waals surface area (Å²) in [5.74, 6) is -0.441. The number of hydrogen-bond acceptors (Lipinski definition) is 6. The fraction of sp³-hybridized carbons (Fsp3) is 0.160. The number of amidine groups is 1. The molecule has 1 heterocycles. The summed E-state index contributed by atoms with van der Waals surface area (Å²) in [7, 11) is 0. The molecule has 0 spiro atoms. The zero-order chi connectivity index (χ0) is 23.8.